The van der Waals surface area contributed by atoms with Gasteiger partial charge in [0.15, 0.2) is 0 Å². The summed E-state index contributed by atoms with van der Waals surface area (Å²) in [6.07, 6.45) is 3.40. The number of piperidine rings is 1. The van der Waals surface area contributed by atoms with Crippen LogP contribution in [0.1, 0.15) is 68.7 Å². The minimum absolute atomic E-state index is 0.0889. The van der Waals surface area contributed by atoms with Crippen molar-refractivity contribution < 1.29 is 23.5 Å². The molecule has 4 aliphatic rings. The highest BCUT2D eigenvalue weighted by Crippen LogP contribution is 2.50. The maximum atomic E-state index is 14.2. The van der Waals surface area contributed by atoms with Crippen molar-refractivity contribution in [2.45, 2.75) is 70.8 Å². The molecule has 4 heterocycles. The first kappa shape index (κ1) is 26.9. The third-order valence-electron chi connectivity index (χ3n) is 8.55. The number of alkyl carbamates (subject to hydrolysis) is 1. The molecule has 1 saturated carbocycles. The number of hydrogen-bond donors (Lipinski definition) is 2. The van der Waals surface area contributed by atoms with Gasteiger partial charge in [-0.15, -0.1) is 0 Å². The van der Waals surface area contributed by atoms with Gasteiger partial charge < -0.3 is 34.5 Å². The van der Waals surface area contributed by atoms with Crippen LogP contribution in [0.15, 0.2) is 36.4 Å². The normalized spacial score (nSPS) is 21.5. The van der Waals surface area contributed by atoms with Crippen LogP contribution in [0, 0.1) is 11.7 Å². The Kier molecular flexibility index (Phi) is 6.47. The van der Waals surface area contributed by atoms with E-state index in [4.69, 9.17) is 9.47 Å². The minimum atomic E-state index is -0.582. The second-order valence-corrected chi connectivity index (χ2v) is 13.0. The molecule has 2 fully saturated rings. The number of likely N-dealkylation sites (tertiary alicyclic amines) is 1. The summed E-state index contributed by atoms with van der Waals surface area (Å²) in [5.74, 6) is 1.01. The first-order valence-corrected chi connectivity index (χ1v) is 15.0. The van der Waals surface area contributed by atoms with Gasteiger partial charge in [-0.3, -0.25) is 4.79 Å². The van der Waals surface area contributed by atoms with Crippen LogP contribution >= 0.6 is 0 Å². The van der Waals surface area contributed by atoms with E-state index in [1.807, 2.05) is 39.0 Å². The number of aromatic nitrogens is 1. The van der Waals surface area contributed by atoms with Crippen LogP contribution in [-0.2, 0) is 11.3 Å². The van der Waals surface area contributed by atoms with E-state index >= 15 is 0 Å². The molecule has 0 bridgehead atoms. The van der Waals surface area contributed by atoms with Gasteiger partial charge in [0.2, 0.25) is 0 Å². The molecule has 222 valence electrons. The number of nitrogens with one attached hydrogen (secondary N) is 2. The molecule has 1 aliphatic carbocycles. The summed E-state index contributed by atoms with van der Waals surface area (Å²) in [5.41, 5.74) is 3.92. The first-order chi connectivity index (χ1) is 20.1. The van der Waals surface area contributed by atoms with Gasteiger partial charge in [0.25, 0.3) is 5.91 Å². The average Bonchev–Trinajstić information content (AvgIpc) is 3.59. The van der Waals surface area contributed by atoms with Gasteiger partial charge in [0, 0.05) is 42.1 Å². The summed E-state index contributed by atoms with van der Waals surface area (Å²) in [7, 11) is 0. The summed E-state index contributed by atoms with van der Waals surface area (Å²) >= 11 is 0. The van der Waals surface area contributed by atoms with Crippen LogP contribution in [0.3, 0.4) is 0 Å². The fourth-order valence-electron chi connectivity index (χ4n) is 6.52. The molecule has 7 rings (SSSR count). The van der Waals surface area contributed by atoms with Crippen LogP contribution in [0.5, 0.6) is 5.75 Å². The number of benzene rings is 2. The van der Waals surface area contributed by atoms with Crippen molar-refractivity contribution in [1.82, 2.24) is 14.8 Å². The van der Waals surface area contributed by atoms with E-state index in [-0.39, 0.29) is 23.9 Å². The molecule has 1 saturated heterocycles. The lowest BCUT2D eigenvalue weighted by atomic mass is 10.0. The zero-order valence-electron chi connectivity index (χ0n) is 24.4. The minimum Gasteiger partial charge on any atom is -0.489 e. The summed E-state index contributed by atoms with van der Waals surface area (Å²) in [6.45, 7) is 8.66. The Labute approximate surface area is 244 Å². The lowest BCUT2D eigenvalue weighted by molar-refractivity contribution is 0.0452. The Morgan fingerprint density at radius 3 is 2.74 bits per heavy atom. The van der Waals surface area contributed by atoms with Gasteiger partial charge in [0.05, 0.1) is 17.9 Å². The molecule has 42 heavy (non-hydrogen) atoms. The van der Waals surface area contributed by atoms with Crippen molar-refractivity contribution in [3.05, 3.63) is 53.5 Å². The monoisotopic (exact) mass is 575 g/mol. The number of carbonyl (C=O) groups excluding carboxylic acids is 2. The largest absolute Gasteiger partial charge is 0.489 e. The van der Waals surface area contributed by atoms with E-state index in [0.29, 0.717) is 43.5 Å². The van der Waals surface area contributed by atoms with E-state index in [0.717, 1.165) is 47.4 Å². The van der Waals surface area contributed by atoms with E-state index < -0.39 is 11.7 Å². The molecular formula is C32H38FN5O4. The molecule has 10 heteroatoms. The van der Waals surface area contributed by atoms with E-state index in [9.17, 15) is 14.0 Å². The van der Waals surface area contributed by atoms with Crippen molar-refractivity contribution in [1.29, 1.82) is 0 Å². The molecule has 3 aliphatic heterocycles. The fraction of sp³-hybridized carbons (Fsp3) is 0.500. The number of nitrogens with zero attached hydrogens (tertiary/aromatic N) is 3. The quantitative estimate of drug-likeness (QED) is 0.409. The molecule has 1 aromatic heterocycles. The maximum absolute atomic E-state index is 14.2. The second-order valence-electron chi connectivity index (χ2n) is 13.0. The second kappa shape index (κ2) is 10.1. The summed E-state index contributed by atoms with van der Waals surface area (Å²) < 4.78 is 28.0. The Balaban J connectivity index is 1.15. The zero-order valence-corrected chi connectivity index (χ0v) is 24.4. The summed E-state index contributed by atoms with van der Waals surface area (Å²) in [5, 5.41) is 7.51. The molecule has 2 amide bonds. The third-order valence-corrected chi connectivity index (χ3v) is 8.55. The van der Waals surface area contributed by atoms with Crippen LogP contribution in [-0.4, -0.2) is 59.4 Å². The molecule has 1 unspecified atom stereocenters. The van der Waals surface area contributed by atoms with Gasteiger partial charge in [-0.25, -0.2) is 9.18 Å². The molecular weight excluding hydrogens is 537 g/mol. The summed E-state index contributed by atoms with van der Waals surface area (Å²) in [6, 6.07) is 10.7. The molecule has 9 nitrogen and oxygen atoms in total. The number of anilines is 2. The van der Waals surface area contributed by atoms with Crippen molar-refractivity contribution in [3.63, 3.8) is 0 Å². The number of halogens is 1. The number of carbonyl (C=O) groups is 2. The third kappa shape index (κ3) is 5.12. The molecule has 2 aromatic carbocycles. The number of fused-ring (bicyclic) bond motifs is 1. The van der Waals surface area contributed by atoms with Crippen LogP contribution < -0.4 is 20.3 Å². The van der Waals surface area contributed by atoms with E-state index in [1.54, 1.807) is 11.0 Å². The van der Waals surface area contributed by atoms with E-state index in [2.05, 4.69) is 26.2 Å². The smallest absolute Gasteiger partial charge is 0.407 e. The fourth-order valence-corrected chi connectivity index (χ4v) is 6.52. The lowest BCUT2D eigenvalue weighted by Gasteiger charge is -2.34. The Hall–Kier alpha value is -3.95. The van der Waals surface area contributed by atoms with Crippen LogP contribution in [0.25, 0.3) is 10.9 Å². The van der Waals surface area contributed by atoms with E-state index in [1.165, 1.54) is 18.9 Å². The zero-order chi connectivity index (χ0) is 29.2. The average molecular weight is 576 g/mol. The highest BCUT2D eigenvalue weighted by molar-refractivity contribution is 5.99. The number of hydrogen-bond acceptors (Lipinski definition) is 6. The van der Waals surface area contributed by atoms with Gasteiger partial charge in [-0.2, -0.15) is 0 Å². The Morgan fingerprint density at radius 2 is 1.95 bits per heavy atom. The highest BCUT2D eigenvalue weighted by atomic mass is 19.1. The molecule has 2 atom stereocenters. The number of ether oxygens (including phenoxy) is 2. The van der Waals surface area contributed by atoms with Gasteiger partial charge in [0.1, 0.15) is 35.6 Å². The van der Waals surface area contributed by atoms with Crippen molar-refractivity contribution in [2.75, 3.05) is 36.5 Å². The topological polar surface area (TPSA) is 88.1 Å². The Morgan fingerprint density at radius 1 is 1.12 bits per heavy atom. The van der Waals surface area contributed by atoms with Crippen LogP contribution in [0.4, 0.5) is 20.6 Å². The maximum Gasteiger partial charge on any atom is 0.407 e. The van der Waals surface area contributed by atoms with Gasteiger partial charge in [-0.05, 0) is 88.8 Å². The highest BCUT2D eigenvalue weighted by Gasteiger charge is 2.39. The summed E-state index contributed by atoms with van der Waals surface area (Å²) in [4.78, 5) is 30.2. The first-order valence-electron chi connectivity index (χ1n) is 15.0. The van der Waals surface area contributed by atoms with Gasteiger partial charge in [-0.1, -0.05) is 0 Å². The number of amides is 2. The predicted molar refractivity (Wildman–Crippen MR) is 159 cm³/mol. The Bertz CT molecular complexity index is 1560. The molecule has 3 aromatic rings. The molecule has 0 spiro atoms. The standard InChI is InChI=1S/C32H38FN5O4/c1-32(2,3)42-31(40)34-23-5-4-10-36(18-23)30(39)21-14-24-28-27(16-21)41-12-11-37(28)29(35-24)26-15-20-13-22(33)8-9-25(20)38(26)17-19-6-7-19/h8-9,13-16,19,23,29,35H,4-7,10-12,17-18H2,1-3H3,(H,34,40)/t23-,29?/m1/s1. The van der Waals surface area contributed by atoms with Crippen molar-refractivity contribution in [2.24, 2.45) is 5.92 Å². The molecule has 2 N–H and O–H groups in total. The van der Waals surface area contributed by atoms with Gasteiger partial charge >= 0.3 is 6.09 Å². The SMILES string of the molecule is CC(C)(C)OC(=O)N[C@@H]1CCCN(C(=O)c2cc3c4c(c2)OCCN4C(c2cc4cc(F)ccc4n2CC2CC2)N3)C1. The number of rotatable bonds is 5. The molecule has 0 radical (unpaired) electrons. The lowest BCUT2D eigenvalue weighted by Crippen LogP contribution is -2.50. The van der Waals surface area contributed by atoms with Crippen LogP contribution in [0.2, 0.25) is 0 Å². The predicted octanol–water partition coefficient (Wildman–Crippen LogP) is 5.64. The van der Waals surface area contributed by atoms with Crippen molar-refractivity contribution in [3.8, 4) is 5.75 Å². The van der Waals surface area contributed by atoms with Crippen molar-refractivity contribution >= 4 is 34.3 Å².